The van der Waals surface area contributed by atoms with Gasteiger partial charge in [0, 0.05) is 0 Å². The second kappa shape index (κ2) is 4.46. The molecule has 3 nitrogen and oxygen atoms in total. The molecule has 0 saturated heterocycles. The Kier molecular flexibility index (Phi) is 3.35. The van der Waals surface area contributed by atoms with Crippen molar-refractivity contribution in [3.63, 3.8) is 0 Å². The molecular formula is C15H20O3S. The molecule has 1 N–H and O–H groups in total. The van der Waals surface area contributed by atoms with E-state index in [9.17, 15) is 13.0 Å². The fraction of sp³-hybridized carbons (Fsp3) is 0.467. The molecule has 0 aromatic heterocycles. The van der Waals surface area contributed by atoms with Gasteiger partial charge in [-0.1, -0.05) is 38.2 Å². The van der Waals surface area contributed by atoms with Crippen LogP contribution in [0.25, 0.3) is 0 Å². The summed E-state index contributed by atoms with van der Waals surface area (Å²) in [7, 11) is -4.13. The van der Waals surface area contributed by atoms with E-state index >= 15 is 0 Å². The zero-order chi connectivity index (χ0) is 14.4. The highest BCUT2D eigenvalue weighted by Gasteiger charge is 2.46. The Labute approximate surface area is 115 Å². The molecule has 1 atom stereocenters. The molecule has 4 heteroatoms. The molecule has 1 unspecified atom stereocenters. The number of fused-ring (bicyclic) bond motifs is 1. The monoisotopic (exact) mass is 280 g/mol. The third kappa shape index (κ3) is 2.23. The second-order valence-electron chi connectivity index (χ2n) is 5.76. The molecule has 0 aliphatic heterocycles. The smallest absolute Gasteiger partial charge is 0.274 e. The lowest BCUT2D eigenvalue weighted by atomic mass is 9.94. The van der Waals surface area contributed by atoms with Crippen molar-refractivity contribution >= 4 is 10.1 Å². The van der Waals surface area contributed by atoms with Gasteiger partial charge >= 0.3 is 0 Å². The molecule has 0 saturated carbocycles. The summed E-state index contributed by atoms with van der Waals surface area (Å²) in [5.41, 5.74) is 3.71. The van der Waals surface area contributed by atoms with Crippen LogP contribution in [0.2, 0.25) is 0 Å². The minimum absolute atomic E-state index is 0.323. The van der Waals surface area contributed by atoms with Crippen LogP contribution < -0.4 is 0 Å². The van der Waals surface area contributed by atoms with Crippen LogP contribution >= 0.6 is 0 Å². The maximum absolute atomic E-state index is 11.7. The van der Waals surface area contributed by atoms with Gasteiger partial charge in [0.1, 0.15) is 4.75 Å². The minimum Gasteiger partial charge on any atom is -0.285 e. The molecule has 2 rings (SSSR count). The fourth-order valence-corrected chi connectivity index (χ4v) is 3.55. The summed E-state index contributed by atoms with van der Waals surface area (Å²) < 4.78 is 31.8. The van der Waals surface area contributed by atoms with Crippen LogP contribution in [0.3, 0.4) is 0 Å². The first kappa shape index (κ1) is 14.3. The lowest BCUT2D eigenvalue weighted by Crippen LogP contribution is -2.35. The number of rotatable bonds is 2. The lowest BCUT2D eigenvalue weighted by molar-refractivity contribution is 0.451. The lowest BCUT2D eigenvalue weighted by Gasteiger charge is -2.24. The first-order valence-corrected chi connectivity index (χ1v) is 7.89. The van der Waals surface area contributed by atoms with Crippen LogP contribution in [0.15, 0.2) is 46.6 Å². The largest absolute Gasteiger partial charge is 0.285 e. The first-order chi connectivity index (χ1) is 8.67. The average molecular weight is 280 g/mol. The summed E-state index contributed by atoms with van der Waals surface area (Å²) in [5, 5.41) is 0. The van der Waals surface area contributed by atoms with Crippen molar-refractivity contribution in [2.24, 2.45) is 5.92 Å². The van der Waals surface area contributed by atoms with Crippen LogP contribution in [-0.4, -0.2) is 17.7 Å². The first-order valence-electron chi connectivity index (χ1n) is 6.45. The zero-order valence-corrected chi connectivity index (χ0v) is 12.6. The number of hydrogen-bond donors (Lipinski definition) is 1. The van der Waals surface area contributed by atoms with E-state index in [1.807, 2.05) is 31.2 Å². The Bertz CT molecular complexity index is 630. The van der Waals surface area contributed by atoms with E-state index in [2.05, 4.69) is 13.8 Å². The highest BCUT2D eigenvalue weighted by atomic mass is 32.2. The highest BCUT2D eigenvalue weighted by molar-refractivity contribution is 7.87. The topological polar surface area (TPSA) is 54.4 Å². The number of hydrogen-bond acceptors (Lipinski definition) is 2. The van der Waals surface area contributed by atoms with Gasteiger partial charge in [-0.3, -0.25) is 4.55 Å². The van der Waals surface area contributed by atoms with Crippen LogP contribution in [0.1, 0.15) is 34.1 Å². The molecule has 0 spiro atoms. The normalized spacial score (nSPS) is 27.3. The van der Waals surface area contributed by atoms with Crippen LogP contribution in [-0.2, 0) is 10.1 Å². The summed E-state index contributed by atoms with van der Waals surface area (Å²) >= 11 is 0. The van der Waals surface area contributed by atoms with Gasteiger partial charge < -0.3 is 0 Å². The van der Waals surface area contributed by atoms with E-state index in [0.29, 0.717) is 12.3 Å². The third-order valence-electron chi connectivity index (χ3n) is 4.01. The minimum atomic E-state index is -4.13. The predicted octanol–water partition coefficient (Wildman–Crippen LogP) is 3.43. The Morgan fingerprint density at radius 3 is 2.47 bits per heavy atom. The molecule has 0 radical (unpaired) electrons. The van der Waals surface area contributed by atoms with Crippen molar-refractivity contribution in [1.29, 1.82) is 0 Å². The van der Waals surface area contributed by atoms with Crippen LogP contribution in [0.4, 0.5) is 0 Å². The van der Waals surface area contributed by atoms with Gasteiger partial charge in [0.15, 0.2) is 0 Å². The molecule has 0 heterocycles. The van der Waals surface area contributed by atoms with E-state index in [0.717, 1.165) is 16.7 Å². The Morgan fingerprint density at radius 1 is 1.32 bits per heavy atom. The molecule has 0 aromatic rings. The second-order valence-corrected chi connectivity index (χ2v) is 7.61. The quantitative estimate of drug-likeness (QED) is 0.788. The molecule has 19 heavy (non-hydrogen) atoms. The molecule has 2 aliphatic rings. The third-order valence-corrected chi connectivity index (χ3v) is 5.52. The van der Waals surface area contributed by atoms with Crippen molar-refractivity contribution in [2.75, 3.05) is 0 Å². The van der Waals surface area contributed by atoms with Gasteiger partial charge in [-0.05, 0) is 48.5 Å². The molecule has 0 bridgehead atoms. The van der Waals surface area contributed by atoms with Crippen molar-refractivity contribution < 1.29 is 13.0 Å². The summed E-state index contributed by atoms with van der Waals surface area (Å²) in [5.74, 6) is 0.377. The van der Waals surface area contributed by atoms with Crippen molar-refractivity contribution in [3.05, 3.63) is 46.6 Å². The van der Waals surface area contributed by atoms with E-state index in [4.69, 9.17) is 0 Å². The summed E-state index contributed by atoms with van der Waals surface area (Å²) in [4.78, 5) is 0. The van der Waals surface area contributed by atoms with Gasteiger partial charge in [-0.2, -0.15) is 8.42 Å². The summed E-state index contributed by atoms with van der Waals surface area (Å²) in [6, 6.07) is 0. The molecular weight excluding hydrogens is 260 g/mol. The molecule has 0 aromatic carbocycles. The Balaban J connectivity index is 2.61. The molecule has 2 aliphatic carbocycles. The fourth-order valence-electron chi connectivity index (χ4n) is 2.72. The van der Waals surface area contributed by atoms with Crippen LogP contribution in [0, 0.1) is 5.92 Å². The van der Waals surface area contributed by atoms with Gasteiger partial charge in [0.25, 0.3) is 10.1 Å². The molecule has 104 valence electrons. The standard InChI is InChI=1S/C15H20O3S/c1-10(2)12-6-5-11(3)14-13(9-12)7-8-15(14,4)19(16,17)18/h5-7,9-10H,8H2,1-4H3,(H,16,17,18). The predicted molar refractivity (Wildman–Crippen MR) is 77.4 cm³/mol. The van der Waals surface area contributed by atoms with E-state index in [1.54, 1.807) is 6.92 Å². The summed E-state index contributed by atoms with van der Waals surface area (Å²) in [6.07, 6.45) is 8.22. The van der Waals surface area contributed by atoms with Crippen LogP contribution in [0.5, 0.6) is 0 Å². The zero-order valence-electron chi connectivity index (χ0n) is 11.8. The molecule has 0 fully saturated rings. The van der Waals surface area contributed by atoms with Gasteiger partial charge in [0.2, 0.25) is 0 Å². The average Bonchev–Trinajstić information content (AvgIpc) is 2.51. The maximum atomic E-state index is 11.7. The number of allylic oxidation sites excluding steroid dienone is 7. The van der Waals surface area contributed by atoms with E-state index < -0.39 is 14.9 Å². The van der Waals surface area contributed by atoms with Crippen molar-refractivity contribution in [2.45, 2.75) is 38.9 Å². The molecule has 0 amide bonds. The van der Waals surface area contributed by atoms with E-state index in [1.165, 1.54) is 5.57 Å². The summed E-state index contributed by atoms with van der Waals surface area (Å²) in [6.45, 7) is 7.69. The van der Waals surface area contributed by atoms with Gasteiger partial charge in [0.05, 0.1) is 0 Å². The Hall–Kier alpha value is -1.13. The van der Waals surface area contributed by atoms with Crippen molar-refractivity contribution in [1.82, 2.24) is 0 Å². The maximum Gasteiger partial charge on any atom is 0.274 e. The van der Waals surface area contributed by atoms with E-state index in [-0.39, 0.29) is 0 Å². The van der Waals surface area contributed by atoms with Crippen molar-refractivity contribution in [3.8, 4) is 0 Å². The van der Waals surface area contributed by atoms with Gasteiger partial charge in [-0.25, -0.2) is 0 Å². The highest BCUT2D eigenvalue weighted by Crippen LogP contribution is 2.44. The van der Waals surface area contributed by atoms with Gasteiger partial charge in [-0.15, -0.1) is 0 Å². The SMILES string of the molecule is CC1=C2C(=CCC2(C)S(=O)(=O)O)C=C(C(C)C)C=C1. The Morgan fingerprint density at radius 2 is 1.95 bits per heavy atom.